The van der Waals surface area contributed by atoms with E-state index < -0.39 is 5.54 Å². The average Bonchev–Trinajstić information content (AvgIpc) is 3.27. The van der Waals surface area contributed by atoms with Gasteiger partial charge < -0.3 is 5.32 Å². The molecule has 0 radical (unpaired) electrons. The van der Waals surface area contributed by atoms with Crippen LogP contribution in [0.25, 0.3) is 11.3 Å². The van der Waals surface area contributed by atoms with E-state index in [1.54, 1.807) is 9.58 Å². The Kier molecular flexibility index (Phi) is 5.73. The van der Waals surface area contributed by atoms with Crippen molar-refractivity contribution in [2.75, 3.05) is 4.90 Å². The summed E-state index contributed by atoms with van der Waals surface area (Å²) in [6.45, 7) is 6.43. The zero-order chi connectivity index (χ0) is 24.6. The summed E-state index contributed by atoms with van der Waals surface area (Å²) in [7, 11) is 0. The summed E-state index contributed by atoms with van der Waals surface area (Å²) < 4.78 is 1.67. The zero-order valence-electron chi connectivity index (χ0n) is 20.2. The standard InChI is InChI=1S/C29H28N4O2/c1-20-14-21(2)16-24(15-20)33-27(34)26-17-25(23-12-8-5-9-13-23)31-32(26)19-29(33,3)28(35)30-18-22-10-6-4-7-11-22/h4-17H,18-19H2,1-3H3,(H,30,35). The molecule has 1 N–H and O–H groups in total. The van der Waals surface area contributed by atoms with Crippen LogP contribution < -0.4 is 10.2 Å². The fourth-order valence-electron chi connectivity index (χ4n) is 4.78. The molecular weight excluding hydrogens is 436 g/mol. The number of nitrogens with one attached hydrogen (secondary N) is 1. The summed E-state index contributed by atoms with van der Waals surface area (Å²) in [4.78, 5) is 29.3. The Morgan fingerprint density at radius 2 is 1.57 bits per heavy atom. The Balaban J connectivity index is 1.57. The number of anilines is 1. The highest BCUT2D eigenvalue weighted by atomic mass is 16.2. The van der Waals surface area contributed by atoms with E-state index in [4.69, 9.17) is 5.10 Å². The second kappa shape index (κ2) is 8.87. The van der Waals surface area contributed by atoms with Gasteiger partial charge in [-0.3, -0.25) is 19.2 Å². The van der Waals surface area contributed by atoms with Crippen LogP contribution >= 0.6 is 0 Å². The van der Waals surface area contributed by atoms with Crippen LogP contribution in [0, 0.1) is 13.8 Å². The van der Waals surface area contributed by atoms with E-state index in [-0.39, 0.29) is 18.4 Å². The molecule has 1 aliphatic heterocycles. The van der Waals surface area contributed by atoms with Gasteiger partial charge in [-0.05, 0) is 55.7 Å². The number of aryl methyl sites for hydroxylation is 2. The minimum absolute atomic E-state index is 0.226. The van der Waals surface area contributed by atoms with Crippen molar-refractivity contribution < 1.29 is 9.59 Å². The number of rotatable bonds is 5. The number of fused-ring (bicyclic) bond motifs is 1. The van der Waals surface area contributed by atoms with Crippen molar-refractivity contribution in [3.63, 3.8) is 0 Å². The topological polar surface area (TPSA) is 67.2 Å². The van der Waals surface area contributed by atoms with E-state index in [1.165, 1.54) is 0 Å². The number of carbonyl (C=O) groups is 2. The summed E-state index contributed by atoms with van der Waals surface area (Å²) in [6.07, 6.45) is 0. The Morgan fingerprint density at radius 1 is 0.943 bits per heavy atom. The van der Waals surface area contributed by atoms with Crippen LogP contribution in [-0.4, -0.2) is 27.1 Å². The van der Waals surface area contributed by atoms with Gasteiger partial charge in [0, 0.05) is 17.8 Å². The molecule has 2 heterocycles. The Hall–Kier alpha value is -4.19. The third-order valence-electron chi connectivity index (χ3n) is 6.47. The van der Waals surface area contributed by atoms with Gasteiger partial charge in [0.1, 0.15) is 11.2 Å². The summed E-state index contributed by atoms with van der Waals surface area (Å²) in [5.74, 6) is -0.468. The molecule has 1 atom stereocenters. The number of carbonyl (C=O) groups excluding carboxylic acids is 2. The van der Waals surface area contributed by atoms with Crippen LogP contribution in [-0.2, 0) is 17.9 Å². The molecule has 0 fully saturated rings. The van der Waals surface area contributed by atoms with Gasteiger partial charge in [-0.2, -0.15) is 5.10 Å². The number of hydrogen-bond donors (Lipinski definition) is 1. The van der Waals surface area contributed by atoms with Crippen LogP contribution in [0.2, 0.25) is 0 Å². The molecule has 35 heavy (non-hydrogen) atoms. The van der Waals surface area contributed by atoms with Crippen molar-refractivity contribution in [2.24, 2.45) is 0 Å². The maximum atomic E-state index is 14.0. The van der Waals surface area contributed by atoms with Crippen molar-refractivity contribution >= 4 is 17.5 Å². The minimum atomic E-state index is -1.17. The third-order valence-corrected chi connectivity index (χ3v) is 6.47. The lowest BCUT2D eigenvalue weighted by atomic mass is 9.93. The Bertz CT molecular complexity index is 1370. The molecule has 3 aromatic carbocycles. The Labute approximate surface area is 205 Å². The molecule has 176 valence electrons. The van der Waals surface area contributed by atoms with Gasteiger partial charge in [-0.1, -0.05) is 66.7 Å². The molecule has 0 saturated heterocycles. The zero-order valence-corrected chi connectivity index (χ0v) is 20.2. The molecule has 1 unspecified atom stereocenters. The predicted molar refractivity (Wildman–Crippen MR) is 137 cm³/mol. The molecule has 4 aromatic rings. The molecule has 6 nitrogen and oxygen atoms in total. The van der Waals surface area contributed by atoms with Crippen molar-refractivity contribution in [1.82, 2.24) is 15.1 Å². The van der Waals surface area contributed by atoms with Crippen molar-refractivity contribution in [3.8, 4) is 11.3 Å². The van der Waals surface area contributed by atoms with Crippen LogP contribution in [0.5, 0.6) is 0 Å². The maximum Gasteiger partial charge on any atom is 0.277 e. The molecule has 0 bridgehead atoms. The van der Waals surface area contributed by atoms with E-state index >= 15 is 0 Å². The highest BCUT2D eigenvalue weighted by molar-refractivity contribution is 6.12. The summed E-state index contributed by atoms with van der Waals surface area (Å²) in [5.41, 5.74) is 4.70. The summed E-state index contributed by atoms with van der Waals surface area (Å²) >= 11 is 0. The van der Waals surface area contributed by atoms with Gasteiger partial charge in [0.05, 0.1) is 12.2 Å². The number of benzene rings is 3. The first-order valence-electron chi connectivity index (χ1n) is 11.7. The van der Waals surface area contributed by atoms with E-state index in [0.717, 1.165) is 22.3 Å². The van der Waals surface area contributed by atoms with E-state index in [9.17, 15) is 9.59 Å². The van der Waals surface area contributed by atoms with Crippen LogP contribution in [0.1, 0.15) is 34.1 Å². The van der Waals surface area contributed by atoms with Crippen molar-refractivity contribution in [3.05, 3.63) is 107 Å². The van der Waals surface area contributed by atoms with E-state index in [1.807, 2.05) is 99.6 Å². The average molecular weight is 465 g/mol. The Morgan fingerprint density at radius 3 is 2.23 bits per heavy atom. The van der Waals surface area contributed by atoms with Crippen LogP contribution in [0.3, 0.4) is 0 Å². The first kappa shape index (κ1) is 22.6. The third kappa shape index (κ3) is 4.23. The lowest BCUT2D eigenvalue weighted by Crippen LogP contribution is -2.64. The minimum Gasteiger partial charge on any atom is -0.350 e. The fourth-order valence-corrected chi connectivity index (χ4v) is 4.78. The molecule has 0 aliphatic carbocycles. The largest absolute Gasteiger partial charge is 0.350 e. The quantitative estimate of drug-likeness (QED) is 0.457. The molecule has 0 spiro atoms. The number of aromatic nitrogens is 2. The second-order valence-corrected chi connectivity index (χ2v) is 9.37. The van der Waals surface area contributed by atoms with Gasteiger partial charge in [0.25, 0.3) is 5.91 Å². The fraction of sp³-hybridized carbons (Fsp3) is 0.207. The molecule has 5 rings (SSSR count). The molecule has 1 aromatic heterocycles. The normalized spacial score (nSPS) is 17.2. The van der Waals surface area contributed by atoms with Crippen LogP contribution in [0.4, 0.5) is 5.69 Å². The van der Waals surface area contributed by atoms with E-state index in [0.29, 0.717) is 23.6 Å². The number of amides is 2. The van der Waals surface area contributed by atoms with Gasteiger partial charge in [-0.25, -0.2) is 0 Å². The molecule has 1 aliphatic rings. The highest BCUT2D eigenvalue weighted by Crippen LogP contribution is 2.35. The molecule has 6 heteroatoms. The smallest absolute Gasteiger partial charge is 0.277 e. The van der Waals surface area contributed by atoms with Gasteiger partial charge in [-0.15, -0.1) is 0 Å². The predicted octanol–water partition coefficient (Wildman–Crippen LogP) is 4.90. The molecule has 0 saturated carbocycles. The maximum absolute atomic E-state index is 14.0. The number of nitrogens with zero attached hydrogens (tertiary/aromatic N) is 3. The lowest BCUT2D eigenvalue weighted by Gasteiger charge is -2.43. The number of hydrogen-bond acceptors (Lipinski definition) is 3. The first-order valence-corrected chi connectivity index (χ1v) is 11.7. The first-order chi connectivity index (χ1) is 16.8. The van der Waals surface area contributed by atoms with Gasteiger partial charge in [0.15, 0.2) is 0 Å². The van der Waals surface area contributed by atoms with Crippen molar-refractivity contribution in [2.45, 2.75) is 39.4 Å². The van der Waals surface area contributed by atoms with E-state index in [2.05, 4.69) is 11.4 Å². The lowest BCUT2D eigenvalue weighted by molar-refractivity contribution is -0.126. The molecular formula is C29H28N4O2. The van der Waals surface area contributed by atoms with Gasteiger partial charge >= 0.3 is 0 Å². The second-order valence-electron chi connectivity index (χ2n) is 9.37. The monoisotopic (exact) mass is 464 g/mol. The summed E-state index contributed by atoms with van der Waals surface area (Å²) in [5, 5.41) is 7.77. The van der Waals surface area contributed by atoms with Crippen molar-refractivity contribution in [1.29, 1.82) is 0 Å². The molecule has 2 amide bonds. The SMILES string of the molecule is Cc1cc(C)cc(N2C(=O)c3cc(-c4ccccc4)nn3CC2(C)C(=O)NCc2ccccc2)c1. The summed E-state index contributed by atoms with van der Waals surface area (Å²) in [6, 6.07) is 27.3. The van der Waals surface area contributed by atoms with Gasteiger partial charge in [0.2, 0.25) is 5.91 Å². The highest BCUT2D eigenvalue weighted by Gasteiger charge is 2.49. The van der Waals surface area contributed by atoms with Crippen LogP contribution in [0.15, 0.2) is 84.9 Å².